The van der Waals surface area contributed by atoms with Crippen LogP contribution >= 0.6 is 0 Å². The first-order valence-electron chi connectivity index (χ1n) is 6.11. The molecule has 0 fully saturated rings. The second kappa shape index (κ2) is 4.76. The fourth-order valence-electron chi connectivity index (χ4n) is 2.19. The number of hydrogen-bond donors (Lipinski definition) is 1. The first kappa shape index (κ1) is 12.3. The van der Waals surface area contributed by atoms with E-state index in [2.05, 4.69) is 21.0 Å². The lowest BCUT2D eigenvalue weighted by molar-refractivity contribution is 0.00219. The lowest BCUT2D eigenvalue weighted by Crippen LogP contribution is -2.35. The molecule has 0 spiro atoms. The minimum absolute atomic E-state index is 0.0950. The summed E-state index contributed by atoms with van der Waals surface area (Å²) in [5.74, 6) is 2.51. The average Bonchev–Trinajstić information content (AvgIpc) is 2.93. The molecule has 2 aromatic heterocycles. The standard InChI is InChI=1S/C15H12N4O/c1-2-8-15(20,13-6-4-3-5-7-13)19-14-12(10-18-19)9-16-11-17-14/h1,3-7,9-11,20H,8H2. The first-order chi connectivity index (χ1) is 9.75. The maximum Gasteiger partial charge on any atom is 0.197 e. The molecule has 0 bridgehead atoms. The Hall–Kier alpha value is -2.71. The lowest BCUT2D eigenvalue weighted by Gasteiger charge is -2.27. The smallest absolute Gasteiger partial charge is 0.197 e. The molecule has 0 saturated heterocycles. The summed E-state index contributed by atoms with van der Waals surface area (Å²) < 4.78 is 1.44. The van der Waals surface area contributed by atoms with Crippen molar-refractivity contribution < 1.29 is 5.11 Å². The van der Waals surface area contributed by atoms with E-state index in [0.717, 1.165) is 5.39 Å². The number of aliphatic hydroxyl groups is 1. The van der Waals surface area contributed by atoms with Crippen molar-refractivity contribution in [3.63, 3.8) is 0 Å². The molecule has 3 rings (SSSR count). The van der Waals surface area contributed by atoms with Gasteiger partial charge in [0.05, 0.1) is 18.0 Å². The molecule has 1 N–H and O–H groups in total. The van der Waals surface area contributed by atoms with Crippen LogP contribution in [0.5, 0.6) is 0 Å². The number of nitrogens with zero attached hydrogens (tertiary/aromatic N) is 4. The van der Waals surface area contributed by atoms with E-state index < -0.39 is 5.72 Å². The number of hydrogen-bond acceptors (Lipinski definition) is 4. The molecule has 0 aliphatic rings. The van der Waals surface area contributed by atoms with Crippen LogP contribution in [0.1, 0.15) is 12.0 Å². The monoisotopic (exact) mass is 264 g/mol. The minimum Gasteiger partial charge on any atom is -0.365 e. The number of terminal acetylenes is 1. The van der Waals surface area contributed by atoms with Gasteiger partial charge in [-0.05, 0) is 0 Å². The predicted molar refractivity (Wildman–Crippen MR) is 74.5 cm³/mol. The molecule has 5 heteroatoms. The summed E-state index contributed by atoms with van der Waals surface area (Å²) in [6.45, 7) is 0. The van der Waals surface area contributed by atoms with Crippen molar-refractivity contribution in [2.75, 3.05) is 0 Å². The van der Waals surface area contributed by atoms with Crippen molar-refractivity contribution in [3.8, 4) is 12.3 Å². The quantitative estimate of drug-likeness (QED) is 0.729. The molecule has 1 unspecified atom stereocenters. The zero-order valence-corrected chi connectivity index (χ0v) is 10.6. The van der Waals surface area contributed by atoms with Gasteiger partial charge < -0.3 is 5.11 Å². The molecular weight excluding hydrogens is 252 g/mol. The Labute approximate surface area is 115 Å². The molecular formula is C15H12N4O. The number of fused-ring (bicyclic) bond motifs is 1. The number of aromatic nitrogens is 4. The van der Waals surface area contributed by atoms with Crippen LogP contribution in [0.15, 0.2) is 49.1 Å². The van der Waals surface area contributed by atoms with Gasteiger partial charge in [0, 0.05) is 11.8 Å². The van der Waals surface area contributed by atoms with Crippen molar-refractivity contribution >= 4 is 11.0 Å². The highest BCUT2D eigenvalue weighted by Gasteiger charge is 2.33. The Morgan fingerprint density at radius 3 is 2.80 bits per heavy atom. The summed E-state index contributed by atoms with van der Waals surface area (Å²) in [7, 11) is 0. The molecule has 98 valence electrons. The first-order valence-corrected chi connectivity index (χ1v) is 6.11. The Kier molecular flexibility index (Phi) is 2.93. The molecule has 20 heavy (non-hydrogen) atoms. The van der Waals surface area contributed by atoms with Gasteiger partial charge in [0.1, 0.15) is 6.33 Å². The topological polar surface area (TPSA) is 63.8 Å². The van der Waals surface area contributed by atoms with Crippen molar-refractivity contribution in [2.45, 2.75) is 12.1 Å². The summed E-state index contributed by atoms with van der Waals surface area (Å²) in [4.78, 5) is 8.12. The maximum atomic E-state index is 11.0. The van der Waals surface area contributed by atoms with Gasteiger partial charge in [-0.3, -0.25) is 0 Å². The number of rotatable bonds is 3. The molecule has 2 heterocycles. The van der Waals surface area contributed by atoms with E-state index in [1.54, 1.807) is 12.4 Å². The third-order valence-electron chi connectivity index (χ3n) is 3.17. The Bertz CT molecular complexity index is 775. The SMILES string of the molecule is C#CCC(O)(c1ccccc1)n1ncc2cncnc21. The van der Waals surface area contributed by atoms with Crippen LogP contribution < -0.4 is 0 Å². The van der Waals surface area contributed by atoms with Gasteiger partial charge in [-0.1, -0.05) is 30.3 Å². The second-order valence-electron chi connectivity index (χ2n) is 4.42. The van der Waals surface area contributed by atoms with Crippen LogP contribution in [-0.2, 0) is 5.72 Å². The molecule has 1 aromatic carbocycles. The van der Waals surface area contributed by atoms with Crippen LogP contribution in [0.4, 0.5) is 0 Å². The van der Waals surface area contributed by atoms with Gasteiger partial charge in [0.2, 0.25) is 0 Å². The second-order valence-corrected chi connectivity index (χ2v) is 4.42. The Morgan fingerprint density at radius 1 is 1.25 bits per heavy atom. The Balaban J connectivity index is 2.24. The lowest BCUT2D eigenvalue weighted by atomic mass is 10.00. The van der Waals surface area contributed by atoms with Crippen molar-refractivity contribution in [1.29, 1.82) is 0 Å². The van der Waals surface area contributed by atoms with E-state index in [-0.39, 0.29) is 6.42 Å². The summed E-state index contributed by atoms with van der Waals surface area (Å²) >= 11 is 0. The van der Waals surface area contributed by atoms with E-state index in [0.29, 0.717) is 11.2 Å². The molecule has 1 atom stereocenters. The van der Waals surface area contributed by atoms with Crippen LogP contribution in [0, 0.1) is 12.3 Å². The maximum absolute atomic E-state index is 11.0. The molecule has 0 aliphatic carbocycles. The summed E-state index contributed by atoms with van der Waals surface area (Å²) in [5, 5.41) is 16.0. The van der Waals surface area contributed by atoms with Gasteiger partial charge in [0.25, 0.3) is 0 Å². The highest BCUT2D eigenvalue weighted by atomic mass is 16.3. The highest BCUT2D eigenvalue weighted by Crippen LogP contribution is 2.28. The zero-order chi connectivity index (χ0) is 14.0. The summed E-state index contributed by atoms with van der Waals surface area (Å²) in [5.41, 5.74) is -0.213. The third-order valence-corrected chi connectivity index (χ3v) is 3.17. The average molecular weight is 264 g/mol. The normalized spacial score (nSPS) is 13.8. The van der Waals surface area contributed by atoms with Gasteiger partial charge in [-0.2, -0.15) is 5.10 Å². The van der Waals surface area contributed by atoms with Crippen molar-refractivity contribution in [1.82, 2.24) is 19.7 Å². The number of benzene rings is 1. The summed E-state index contributed by atoms with van der Waals surface area (Å²) in [6.07, 6.45) is 10.2. The van der Waals surface area contributed by atoms with E-state index in [1.165, 1.54) is 11.0 Å². The minimum atomic E-state index is -1.42. The van der Waals surface area contributed by atoms with E-state index >= 15 is 0 Å². The van der Waals surface area contributed by atoms with Gasteiger partial charge in [0.15, 0.2) is 11.4 Å². The fraction of sp³-hybridized carbons (Fsp3) is 0.133. The molecule has 0 aliphatic heterocycles. The van der Waals surface area contributed by atoms with Gasteiger partial charge in [-0.25, -0.2) is 14.6 Å². The van der Waals surface area contributed by atoms with Crippen LogP contribution in [0.2, 0.25) is 0 Å². The fourth-order valence-corrected chi connectivity index (χ4v) is 2.19. The molecule has 0 radical (unpaired) electrons. The van der Waals surface area contributed by atoms with Gasteiger partial charge >= 0.3 is 0 Å². The van der Waals surface area contributed by atoms with E-state index in [9.17, 15) is 5.11 Å². The molecule has 0 saturated carbocycles. The van der Waals surface area contributed by atoms with Crippen LogP contribution in [0.25, 0.3) is 11.0 Å². The third kappa shape index (κ3) is 1.83. The Morgan fingerprint density at radius 2 is 2.05 bits per heavy atom. The zero-order valence-electron chi connectivity index (χ0n) is 10.6. The molecule has 0 amide bonds. The highest BCUT2D eigenvalue weighted by molar-refractivity contribution is 5.73. The summed E-state index contributed by atoms with van der Waals surface area (Å²) in [6, 6.07) is 9.19. The van der Waals surface area contributed by atoms with Crippen LogP contribution in [0.3, 0.4) is 0 Å². The predicted octanol–water partition coefficient (Wildman–Crippen LogP) is 1.54. The largest absolute Gasteiger partial charge is 0.365 e. The van der Waals surface area contributed by atoms with Gasteiger partial charge in [-0.15, -0.1) is 12.3 Å². The molecule has 5 nitrogen and oxygen atoms in total. The van der Waals surface area contributed by atoms with Crippen molar-refractivity contribution in [3.05, 3.63) is 54.6 Å². The van der Waals surface area contributed by atoms with Crippen molar-refractivity contribution in [2.24, 2.45) is 0 Å². The molecule has 3 aromatic rings. The van der Waals surface area contributed by atoms with E-state index in [1.807, 2.05) is 30.3 Å². The van der Waals surface area contributed by atoms with Crippen LogP contribution in [-0.4, -0.2) is 24.9 Å². The van der Waals surface area contributed by atoms with E-state index in [4.69, 9.17) is 6.42 Å².